The van der Waals surface area contributed by atoms with Crippen molar-refractivity contribution in [3.05, 3.63) is 18.1 Å². The van der Waals surface area contributed by atoms with E-state index in [1.807, 2.05) is 0 Å². The number of aromatic nitrogens is 2. The maximum atomic E-state index is 11.3. The lowest BCUT2D eigenvalue weighted by atomic mass is 10.1. The minimum atomic E-state index is -0.511. The van der Waals surface area contributed by atoms with Gasteiger partial charge in [-0.25, -0.2) is 14.8 Å². The van der Waals surface area contributed by atoms with E-state index in [9.17, 15) is 4.79 Å². The molecular weight excluding hydrogens is 242 g/mol. The van der Waals surface area contributed by atoms with Gasteiger partial charge >= 0.3 is 5.97 Å². The summed E-state index contributed by atoms with van der Waals surface area (Å²) in [5.41, 5.74) is 0. The summed E-state index contributed by atoms with van der Waals surface area (Å²) in [6.45, 7) is 3.08. The van der Waals surface area contributed by atoms with E-state index >= 15 is 0 Å². The molecule has 19 heavy (non-hydrogen) atoms. The third kappa shape index (κ3) is 6.18. The van der Waals surface area contributed by atoms with Crippen molar-refractivity contribution in [2.45, 2.75) is 45.4 Å². The topological polar surface area (TPSA) is 64.1 Å². The van der Waals surface area contributed by atoms with Gasteiger partial charge in [-0.1, -0.05) is 39.0 Å². The Bertz CT molecular complexity index is 383. The summed E-state index contributed by atoms with van der Waals surface area (Å²) in [5.74, 6) is 0.252. The van der Waals surface area contributed by atoms with Crippen molar-refractivity contribution in [3.8, 4) is 0 Å². The second kappa shape index (κ2) is 9.30. The molecule has 5 nitrogen and oxygen atoms in total. The van der Waals surface area contributed by atoms with Gasteiger partial charge in [-0.15, -0.1) is 0 Å². The Hall–Kier alpha value is -1.65. The predicted molar refractivity (Wildman–Crippen MR) is 75.2 cm³/mol. The highest BCUT2D eigenvalue weighted by molar-refractivity contribution is 5.85. The lowest BCUT2D eigenvalue weighted by molar-refractivity contribution is 0.0587. The number of anilines is 1. The van der Waals surface area contributed by atoms with E-state index < -0.39 is 5.97 Å². The zero-order chi connectivity index (χ0) is 13.9. The second-order valence-corrected chi connectivity index (χ2v) is 4.45. The normalized spacial score (nSPS) is 10.2. The van der Waals surface area contributed by atoms with E-state index in [1.165, 1.54) is 39.2 Å². The van der Waals surface area contributed by atoms with Crippen molar-refractivity contribution in [1.82, 2.24) is 9.97 Å². The van der Waals surface area contributed by atoms with Crippen molar-refractivity contribution in [2.75, 3.05) is 19.0 Å². The standard InChI is InChI=1S/C14H23N3O2/c1-3-4-5-6-7-8-10-15-12-9-11-16-13(17-12)14(18)19-2/h9,11H,3-8,10H2,1-2H3,(H,15,16,17). The van der Waals surface area contributed by atoms with Gasteiger partial charge in [0.25, 0.3) is 0 Å². The molecule has 0 fully saturated rings. The van der Waals surface area contributed by atoms with E-state index in [4.69, 9.17) is 0 Å². The monoisotopic (exact) mass is 265 g/mol. The lowest BCUT2D eigenvalue weighted by Gasteiger charge is -2.06. The average molecular weight is 265 g/mol. The molecule has 0 saturated heterocycles. The van der Waals surface area contributed by atoms with E-state index in [-0.39, 0.29) is 5.82 Å². The van der Waals surface area contributed by atoms with Crippen molar-refractivity contribution < 1.29 is 9.53 Å². The third-order valence-corrected chi connectivity index (χ3v) is 2.86. The van der Waals surface area contributed by atoms with Crippen LogP contribution in [-0.4, -0.2) is 29.6 Å². The van der Waals surface area contributed by atoms with Crippen LogP contribution in [0.25, 0.3) is 0 Å². The molecule has 0 aromatic carbocycles. The van der Waals surface area contributed by atoms with Crippen LogP contribution in [0.5, 0.6) is 0 Å². The Morgan fingerprint density at radius 2 is 2.00 bits per heavy atom. The number of ether oxygens (including phenoxy) is 1. The number of methoxy groups -OCH3 is 1. The Balaban J connectivity index is 2.24. The number of hydrogen-bond donors (Lipinski definition) is 1. The molecule has 0 aliphatic rings. The summed E-state index contributed by atoms with van der Waals surface area (Å²) in [4.78, 5) is 19.2. The molecule has 1 heterocycles. The van der Waals surface area contributed by atoms with Crippen molar-refractivity contribution in [3.63, 3.8) is 0 Å². The fourth-order valence-electron chi connectivity index (χ4n) is 1.77. The van der Waals surface area contributed by atoms with Gasteiger partial charge in [0, 0.05) is 12.7 Å². The lowest BCUT2D eigenvalue weighted by Crippen LogP contribution is -2.10. The Kier molecular flexibility index (Phi) is 7.54. The van der Waals surface area contributed by atoms with Gasteiger partial charge in [0.1, 0.15) is 5.82 Å². The van der Waals surface area contributed by atoms with Crippen LogP contribution in [0.2, 0.25) is 0 Å². The van der Waals surface area contributed by atoms with Gasteiger partial charge in [-0.2, -0.15) is 0 Å². The summed E-state index contributed by atoms with van der Waals surface area (Å²) in [6, 6.07) is 1.75. The molecule has 0 aliphatic carbocycles. The number of rotatable bonds is 9. The van der Waals surface area contributed by atoms with Gasteiger partial charge in [0.2, 0.25) is 5.82 Å². The molecule has 0 spiro atoms. The number of unbranched alkanes of at least 4 members (excludes halogenated alkanes) is 5. The van der Waals surface area contributed by atoms with E-state index in [1.54, 1.807) is 12.3 Å². The zero-order valence-corrected chi connectivity index (χ0v) is 11.8. The predicted octanol–water partition coefficient (Wildman–Crippen LogP) is 3.04. The smallest absolute Gasteiger partial charge is 0.376 e. The van der Waals surface area contributed by atoms with Crippen LogP contribution in [0, 0.1) is 0 Å². The first-order chi connectivity index (χ1) is 9.27. The number of carbonyl (C=O) groups excluding carboxylic acids is 1. The second-order valence-electron chi connectivity index (χ2n) is 4.45. The highest BCUT2D eigenvalue weighted by atomic mass is 16.5. The Labute approximate surface area is 114 Å². The minimum absolute atomic E-state index is 0.0930. The molecule has 0 saturated carbocycles. The Morgan fingerprint density at radius 1 is 1.26 bits per heavy atom. The molecule has 1 aromatic rings. The molecule has 0 bridgehead atoms. The SMILES string of the molecule is CCCCCCCCNc1ccnc(C(=O)OC)n1. The highest BCUT2D eigenvalue weighted by Crippen LogP contribution is 2.07. The summed E-state index contributed by atoms with van der Waals surface area (Å²) in [5, 5.41) is 3.20. The van der Waals surface area contributed by atoms with Crippen LogP contribution in [0.15, 0.2) is 12.3 Å². The molecule has 1 aromatic heterocycles. The number of nitrogens with one attached hydrogen (secondary N) is 1. The molecule has 1 N–H and O–H groups in total. The largest absolute Gasteiger partial charge is 0.463 e. The molecule has 0 radical (unpaired) electrons. The number of esters is 1. The maximum Gasteiger partial charge on any atom is 0.376 e. The van der Waals surface area contributed by atoms with Crippen LogP contribution in [0.3, 0.4) is 0 Å². The van der Waals surface area contributed by atoms with Crippen molar-refractivity contribution >= 4 is 11.8 Å². The van der Waals surface area contributed by atoms with Crippen LogP contribution in [0.1, 0.15) is 56.1 Å². The van der Waals surface area contributed by atoms with Gasteiger partial charge in [-0.05, 0) is 12.5 Å². The van der Waals surface area contributed by atoms with Crippen LogP contribution in [0.4, 0.5) is 5.82 Å². The van der Waals surface area contributed by atoms with Crippen LogP contribution in [-0.2, 0) is 4.74 Å². The minimum Gasteiger partial charge on any atom is -0.463 e. The first-order valence-corrected chi connectivity index (χ1v) is 6.93. The highest BCUT2D eigenvalue weighted by Gasteiger charge is 2.08. The molecule has 5 heteroatoms. The van der Waals surface area contributed by atoms with Crippen LogP contribution >= 0.6 is 0 Å². The number of hydrogen-bond acceptors (Lipinski definition) is 5. The summed E-state index contributed by atoms with van der Waals surface area (Å²) in [6.07, 6.45) is 9.09. The first kappa shape index (κ1) is 15.4. The molecule has 0 aliphatic heterocycles. The molecular formula is C14H23N3O2. The third-order valence-electron chi connectivity index (χ3n) is 2.86. The summed E-state index contributed by atoms with van der Waals surface area (Å²) < 4.78 is 4.58. The van der Waals surface area contributed by atoms with E-state index in [0.717, 1.165) is 13.0 Å². The quantitative estimate of drug-likeness (QED) is 0.549. The molecule has 0 amide bonds. The maximum absolute atomic E-state index is 11.3. The fourth-order valence-corrected chi connectivity index (χ4v) is 1.77. The van der Waals surface area contributed by atoms with Crippen molar-refractivity contribution in [1.29, 1.82) is 0 Å². The molecule has 1 rings (SSSR count). The van der Waals surface area contributed by atoms with E-state index in [0.29, 0.717) is 5.82 Å². The average Bonchev–Trinajstić information content (AvgIpc) is 2.46. The van der Waals surface area contributed by atoms with Gasteiger partial charge in [0.15, 0.2) is 0 Å². The Morgan fingerprint density at radius 3 is 2.74 bits per heavy atom. The molecule has 0 atom stereocenters. The van der Waals surface area contributed by atoms with Gasteiger partial charge < -0.3 is 10.1 Å². The number of nitrogens with zero attached hydrogens (tertiary/aromatic N) is 2. The summed E-state index contributed by atoms with van der Waals surface area (Å²) >= 11 is 0. The van der Waals surface area contributed by atoms with Gasteiger partial charge in [-0.3, -0.25) is 0 Å². The zero-order valence-electron chi connectivity index (χ0n) is 11.8. The first-order valence-electron chi connectivity index (χ1n) is 6.93. The number of carbonyl (C=O) groups is 1. The van der Waals surface area contributed by atoms with Gasteiger partial charge in [0.05, 0.1) is 7.11 Å². The molecule has 0 unspecified atom stereocenters. The van der Waals surface area contributed by atoms with E-state index in [2.05, 4.69) is 26.9 Å². The fraction of sp³-hybridized carbons (Fsp3) is 0.643. The van der Waals surface area contributed by atoms with Crippen molar-refractivity contribution in [2.24, 2.45) is 0 Å². The summed E-state index contributed by atoms with van der Waals surface area (Å²) in [7, 11) is 1.32. The van der Waals surface area contributed by atoms with Crippen LogP contribution < -0.4 is 5.32 Å². The molecule has 106 valence electrons.